The van der Waals surface area contributed by atoms with Crippen LogP contribution >= 0.6 is 0 Å². The van der Waals surface area contributed by atoms with Crippen molar-refractivity contribution in [3.05, 3.63) is 201 Å². The van der Waals surface area contributed by atoms with Crippen LogP contribution in [0.3, 0.4) is 0 Å². The molecule has 3 nitrogen and oxygen atoms in total. The van der Waals surface area contributed by atoms with Gasteiger partial charge in [-0.15, -0.1) is 0 Å². The third kappa shape index (κ3) is 5.92. The molecule has 0 aliphatic heterocycles. The number of rotatable bonds is 8. The fourth-order valence-electron chi connectivity index (χ4n) is 7.58. The Labute approximate surface area is 315 Å². The Morgan fingerprint density at radius 2 is 1.06 bits per heavy atom. The quantitative estimate of drug-likeness (QED) is 0.149. The van der Waals surface area contributed by atoms with Crippen LogP contribution in [-0.2, 0) is 0 Å². The highest BCUT2D eigenvalue weighted by Gasteiger charge is 2.19. The number of para-hydroxylation sites is 1. The zero-order chi connectivity index (χ0) is 36.4. The van der Waals surface area contributed by atoms with Crippen molar-refractivity contribution < 1.29 is 0 Å². The molecule has 0 N–H and O–H groups in total. The van der Waals surface area contributed by atoms with E-state index in [-0.39, 0.29) is 0 Å². The van der Waals surface area contributed by atoms with Crippen LogP contribution < -0.4 is 0 Å². The molecule has 256 valence electrons. The maximum absolute atomic E-state index is 5.23. The van der Waals surface area contributed by atoms with Gasteiger partial charge >= 0.3 is 0 Å². The summed E-state index contributed by atoms with van der Waals surface area (Å²) in [6.07, 6.45) is 8.17. The largest absolute Gasteiger partial charge is 0.310 e. The first-order chi connectivity index (χ1) is 26.7. The third-order valence-corrected chi connectivity index (χ3v) is 10.1. The fraction of sp³-hybridized carbons (Fsp3) is 0.0196. The molecule has 0 radical (unpaired) electrons. The molecule has 0 saturated carbocycles. The molecule has 0 bridgehead atoms. The molecule has 0 aliphatic carbocycles. The minimum absolute atomic E-state index is 0.699. The molecule has 0 fully saturated rings. The minimum Gasteiger partial charge on any atom is -0.310 e. The van der Waals surface area contributed by atoms with E-state index in [2.05, 4.69) is 163 Å². The first-order valence-corrected chi connectivity index (χ1v) is 18.3. The standard InChI is InChI=1S/C51H37N3/c1-3-4-7-17-35(2)54-48-26-15-14-24-45(48)50-44(25-16-27-49(50)54)42-32-33-43(41-23-13-12-22-40(41)42)47-34-46(52-51(53-47)39-20-10-6-11-21-39)38-30-28-37(29-31-38)36-18-8-5-9-19-36/h3-34H,2H2,1H3/b4-3-,17-7-. The molecule has 0 atom stereocenters. The van der Waals surface area contributed by atoms with Crippen LogP contribution in [0, 0.1) is 0 Å². The van der Waals surface area contributed by atoms with Crippen molar-refractivity contribution in [3.63, 3.8) is 0 Å². The first kappa shape index (κ1) is 32.8. The number of hydrogen-bond acceptors (Lipinski definition) is 2. The molecule has 2 aromatic heterocycles. The predicted octanol–water partition coefficient (Wildman–Crippen LogP) is 13.7. The number of hydrogen-bond donors (Lipinski definition) is 0. The molecule has 54 heavy (non-hydrogen) atoms. The maximum Gasteiger partial charge on any atom is 0.160 e. The van der Waals surface area contributed by atoms with Crippen LogP contribution in [-0.4, -0.2) is 14.5 Å². The lowest BCUT2D eigenvalue weighted by molar-refractivity contribution is 1.18. The summed E-state index contributed by atoms with van der Waals surface area (Å²) in [5.74, 6) is 0.699. The summed E-state index contributed by atoms with van der Waals surface area (Å²) in [6.45, 7) is 6.49. The minimum atomic E-state index is 0.699. The highest BCUT2D eigenvalue weighted by atomic mass is 15.0. The maximum atomic E-state index is 5.23. The Morgan fingerprint density at radius 1 is 0.481 bits per heavy atom. The number of benzene rings is 7. The molecule has 0 unspecified atom stereocenters. The number of aromatic nitrogens is 3. The molecule has 0 saturated heterocycles. The summed E-state index contributed by atoms with van der Waals surface area (Å²) in [7, 11) is 0. The highest BCUT2D eigenvalue weighted by Crippen LogP contribution is 2.42. The lowest BCUT2D eigenvalue weighted by Gasteiger charge is -2.15. The van der Waals surface area contributed by atoms with E-state index >= 15 is 0 Å². The van der Waals surface area contributed by atoms with Crippen LogP contribution in [0.2, 0.25) is 0 Å². The van der Waals surface area contributed by atoms with Crippen LogP contribution in [0.4, 0.5) is 0 Å². The van der Waals surface area contributed by atoms with Gasteiger partial charge in [0, 0.05) is 33.2 Å². The fourth-order valence-corrected chi connectivity index (χ4v) is 7.58. The van der Waals surface area contributed by atoms with E-state index in [0.29, 0.717) is 5.82 Å². The second-order valence-corrected chi connectivity index (χ2v) is 13.4. The Bertz CT molecular complexity index is 2880. The van der Waals surface area contributed by atoms with Crippen molar-refractivity contribution in [3.8, 4) is 56.2 Å². The topological polar surface area (TPSA) is 30.7 Å². The second-order valence-electron chi connectivity index (χ2n) is 13.4. The summed E-state index contributed by atoms with van der Waals surface area (Å²) in [5, 5.41) is 4.71. The van der Waals surface area contributed by atoms with Gasteiger partial charge < -0.3 is 4.57 Å². The van der Waals surface area contributed by atoms with Crippen molar-refractivity contribution in [1.82, 2.24) is 14.5 Å². The van der Waals surface area contributed by atoms with Gasteiger partial charge in [0.05, 0.1) is 22.4 Å². The predicted molar refractivity (Wildman–Crippen MR) is 229 cm³/mol. The van der Waals surface area contributed by atoms with Gasteiger partial charge in [0.1, 0.15) is 0 Å². The van der Waals surface area contributed by atoms with E-state index in [1.54, 1.807) is 0 Å². The smallest absolute Gasteiger partial charge is 0.160 e. The zero-order valence-electron chi connectivity index (χ0n) is 30.0. The van der Waals surface area contributed by atoms with Crippen molar-refractivity contribution in [1.29, 1.82) is 0 Å². The Morgan fingerprint density at radius 3 is 1.80 bits per heavy atom. The summed E-state index contributed by atoms with van der Waals surface area (Å²) < 4.78 is 2.27. The summed E-state index contributed by atoms with van der Waals surface area (Å²) in [5.41, 5.74) is 12.7. The number of fused-ring (bicyclic) bond motifs is 4. The van der Waals surface area contributed by atoms with Crippen molar-refractivity contribution in [2.75, 3.05) is 0 Å². The molecule has 9 aromatic rings. The van der Waals surface area contributed by atoms with Gasteiger partial charge in [0.2, 0.25) is 0 Å². The number of nitrogens with zero attached hydrogens (tertiary/aromatic N) is 3. The SMILES string of the molecule is C=C(/C=C\C=C/C)n1c2ccccc2c2c(-c3ccc(-c4cc(-c5ccc(-c6ccccc6)cc5)nc(-c5ccccc5)n4)c4ccccc34)cccc21. The first-order valence-electron chi connectivity index (χ1n) is 18.3. The molecule has 2 heterocycles. The summed E-state index contributed by atoms with van der Waals surface area (Å²) >= 11 is 0. The van der Waals surface area contributed by atoms with Gasteiger partial charge in [-0.25, -0.2) is 9.97 Å². The zero-order valence-corrected chi connectivity index (χ0v) is 30.0. The monoisotopic (exact) mass is 691 g/mol. The molecule has 7 aromatic carbocycles. The van der Waals surface area contributed by atoms with E-state index in [1.807, 2.05) is 49.4 Å². The van der Waals surface area contributed by atoms with E-state index in [4.69, 9.17) is 9.97 Å². The Kier molecular flexibility index (Phi) is 8.58. The third-order valence-electron chi connectivity index (χ3n) is 10.1. The van der Waals surface area contributed by atoms with Crippen LogP contribution in [0.1, 0.15) is 6.92 Å². The van der Waals surface area contributed by atoms with E-state index in [0.717, 1.165) is 50.2 Å². The van der Waals surface area contributed by atoms with Crippen molar-refractivity contribution in [2.45, 2.75) is 6.92 Å². The molecule has 0 amide bonds. The van der Waals surface area contributed by atoms with E-state index in [9.17, 15) is 0 Å². The molecular formula is C51H37N3. The molecule has 0 spiro atoms. The van der Waals surface area contributed by atoms with Gasteiger partial charge in [-0.3, -0.25) is 0 Å². The summed E-state index contributed by atoms with van der Waals surface area (Å²) in [4.78, 5) is 10.3. The molecule has 9 rings (SSSR count). The van der Waals surface area contributed by atoms with Gasteiger partial charge in [0.15, 0.2) is 5.82 Å². The Hall–Kier alpha value is -7.10. The van der Waals surface area contributed by atoms with Crippen LogP contribution in [0.15, 0.2) is 201 Å². The van der Waals surface area contributed by atoms with Gasteiger partial charge in [-0.05, 0) is 64.2 Å². The molecule has 0 aliphatic rings. The van der Waals surface area contributed by atoms with Crippen LogP contribution in [0.25, 0.3) is 94.4 Å². The number of allylic oxidation sites excluding steroid dienone is 5. The lowest BCUT2D eigenvalue weighted by atomic mass is 9.91. The summed E-state index contributed by atoms with van der Waals surface area (Å²) in [6, 6.07) is 59.9. The van der Waals surface area contributed by atoms with Crippen molar-refractivity contribution >= 4 is 38.3 Å². The molecule has 3 heteroatoms. The Balaban J connectivity index is 1.22. The average Bonchev–Trinajstić information content (AvgIpc) is 3.59. The normalized spacial score (nSPS) is 11.7. The van der Waals surface area contributed by atoms with Gasteiger partial charge in [-0.1, -0.05) is 176 Å². The van der Waals surface area contributed by atoms with Crippen LogP contribution in [0.5, 0.6) is 0 Å². The van der Waals surface area contributed by atoms with E-state index < -0.39 is 0 Å². The average molecular weight is 692 g/mol. The lowest BCUT2D eigenvalue weighted by Crippen LogP contribution is -1.97. The highest BCUT2D eigenvalue weighted by molar-refractivity contribution is 6.19. The van der Waals surface area contributed by atoms with Gasteiger partial charge in [0.25, 0.3) is 0 Å². The van der Waals surface area contributed by atoms with Crippen molar-refractivity contribution in [2.24, 2.45) is 0 Å². The second kappa shape index (κ2) is 14.1. The van der Waals surface area contributed by atoms with Gasteiger partial charge in [-0.2, -0.15) is 0 Å². The van der Waals surface area contributed by atoms with E-state index in [1.165, 1.54) is 38.4 Å². The molecular weight excluding hydrogens is 655 g/mol.